The van der Waals surface area contributed by atoms with E-state index in [0.29, 0.717) is 19.3 Å². The molecule has 1 amide bonds. The third kappa shape index (κ3) is 3.17. The number of sulfone groups is 1. The second kappa shape index (κ2) is 4.94. The Balaban J connectivity index is 2.41. The molecule has 6 heteroatoms. The second-order valence-electron chi connectivity index (χ2n) is 3.89. The van der Waals surface area contributed by atoms with Crippen LogP contribution in [0.2, 0.25) is 0 Å². The zero-order valence-corrected chi connectivity index (χ0v) is 9.72. The molecular formula is C9H18N2O3S. The van der Waals surface area contributed by atoms with Gasteiger partial charge in [-0.3, -0.25) is 4.79 Å². The molecule has 1 saturated heterocycles. The van der Waals surface area contributed by atoms with Gasteiger partial charge in [0.2, 0.25) is 5.91 Å². The average molecular weight is 234 g/mol. The van der Waals surface area contributed by atoms with Crippen molar-refractivity contribution < 1.29 is 13.2 Å². The fourth-order valence-electron chi connectivity index (χ4n) is 1.62. The van der Waals surface area contributed by atoms with Gasteiger partial charge in [0.15, 0.2) is 9.84 Å². The van der Waals surface area contributed by atoms with Crippen LogP contribution in [0.5, 0.6) is 0 Å². The van der Waals surface area contributed by atoms with E-state index in [4.69, 9.17) is 5.73 Å². The Kier molecular flexibility index (Phi) is 4.10. The quantitative estimate of drug-likeness (QED) is 0.681. The molecule has 1 rings (SSSR count). The number of rotatable bonds is 4. The van der Waals surface area contributed by atoms with Crippen LogP contribution in [-0.2, 0) is 14.6 Å². The monoisotopic (exact) mass is 234 g/mol. The van der Waals surface area contributed by atoms with Crippen molar-refractivity contribution >= 4 is 15.7 Å². The van der Waals surface area contributed by atoms with Crippen LogP contribution in [-0.4, -0.2) is 37.9 Å². The molecule has 1 heterocycles. The summed E-state index contributed by atoms with van der Waals surface area (Å²) in [6.45, 7) is 2.02. The van der Waals surface area contributed by atoms with Crippen LogP contribution in [0.4, 0.5) is 0 Å². The van der Waals surface area contributed by atoms with E-state index >= 15 is 0 Å². The molecule has 0 spiro atoms. The summed E-state index contributed by atoms with van der Waals surface area (Å²) in [5.41, 5.74) is 5.51. The highest BCUT2D eigenvalue weighted by Gasteiger charge is 2.31. The third-order valence-electron chi connectivity index (χ3n) is 2.74. The Bertz CT molecular complexity index is 326. The Labute approximate surface area is 90.3 Å². The molecular weight excluding hydrogens is 216 g/mol. The molecule has 15 heavy (non-hydrogen) atoms. The van der Waals surface area contributed by atoms with Gasteiger partial charge >= 0.3 is 0 Å². The molecule has 5 nitrogen and oxygen atoms in total. The highest BCUT2D eigenvalue weighted by Crippen LogP contribution is 2.18. The Morgan fingerprint density at radius 3 is 2.73 bits per heavy atom. The maximum absolute atomic E-state index is 11.4. The Hall–Kier alpha value is -0.620. The van der Waals surface area contributed by atoms with E-state index in [9.17, 15) is 13.2 Å². The van der Waals surface area contributed by atoms with E-state index in [1.807, 2.05) is 6.92 Å². The predicted molar refractivity (Wildman–Crippen MR) is 58.1 cm³/mol. The van der Waals surface area contributed by atoms with Crippen LogP contribution in [0.25, 0.3) is 0 Å². The van der Waals surface area contributed by atoms with Gasteiger partial charge in [-0.25, -0.2) is 8.42 Å². The number of carbonyl (C=O) groups excluding carboxylic acids is 1. The van der Waals surface area contributed by atoms with E-state index in [2.05, 4.69) is 5.32 Å². The predicted octanol–water partition coefficient (Wildman–Crippen LogP) is -0.583. The lowest BCUT2D eigenvalue weighted by Gasteiger charge is -2.13. The van der Waals surface area contributed by atoms with E-state index < -0.39 is 21.1 Å². The van der Waals surface area contributed by atoms with Crippen molar-refractivity contribution in [1.82, 2.24) is 5.32 Å². The number of amides is 1. The highest BCUT2D eigenvalue weighted by molar-refractivity contribution is 7.92. The SMILES string of the molecule is CC[C@@H](N)C(=O)NCC1CCCS1(=O)=O. The zero-order valence-electron chi connectivity index (χ0n) is 8.90. The lowest BCUT2D eigenvalue weighted by atomic mass is 10.2. The maximum Gasteiger partial charge on any atom is 0.236 e. The van der Waals surface area contributed by atoms with Crippen molar-refractivity contribution in [3.63, 3.8) is 0 Å². The van der Waals surface area contributed by atoms with Gasteiger partial charge in [0.25, 0.3) is 0 Å². The lowest BCUT2D eigenvalue weighted by molar-refractivity contribution is -0.122. The minimum absolute atomic E-state index is 0.203. The summed E-state index contributed by atoms with van der Waals surface area (Å²) >= 11 is 0. The van der Waals surface area contributed by atoms with Crippen molar-refractivity contribution in [3.8, 4) is 0 Å². The molecule has 88 valence electrons. The Morgan fingerprint density at radius 2 is 2.27 bits per heavy atom. The molecule has 0 radical (unpaired) electrons. The molecule has 0 aromatic heterocycles. The molecule has 0 saturated carbocycles. The van der Waals surface area contributed by atoms with E-state index in [1.165, 1.54) is 0 Å². The highest BCUT2D eigenvalue weighted by atomic mass is 32.2. The molecule has 1 fully saturated rings. The summed E-state index contributed by atoms with van der Waals surface area (Å²) < 4.78 is 22.9. The van der Waals surface area contributed by atoms with Crippen molar-refractivity contribution in [2.24, 2.45) is 5.73 Å². The largest absolute Gasteiger partial charge is 0.353 e. The number of hydrogen-bond acceptors (Lipinski definition) is 4. The minimum atomic E-state index is -2.97. The smallest absolute Gasteiger partial charge is 0.236 e. The van der Waals surface area contributed by atoms with Crippen LogP contribution >= 0.6 is 0 Å². The van der Waals surface area contributed by atoms with E-state index in [1.54, 1.807) is 0 Å². The molecule has 2 atom stereocenters. The van der Waals surface area contributed by atoms with E-state index in [0.717, 1.165) is 0 Å². The van der Waals surface area contributed by atoms with Gasteiger partial charge in [-0.2, -0.15) is 0 Å². The molecule has 1 unspecified atom stereocenters. The van der Waals surface area contributed by atoms with Gasteiger partial charge in [0, 0.05) is 6.54 Å². The number of nitrogens with two attached hydrogens (primary N) is 1. The number of hydrogen-bond donors (Lipinski definition) is 2. The van der Waals surface area contributed by atoms with Gasteiger partial charge in [-0.15, -0.1) is 0 Å². The lowest BCUT2D eigenvalue weighted by Crippen LogP contribution is -2.43. The van der Waals surface area contributed by atoms with Crippen LogP contribution in [0, 0.1) is 0 Å². The van der Waals surface area contributed by atoms with Crippen molar-refractivity contribution in [1.29, 1.82) is 0 Å². The third-order valence-corrected chi connectivity index (χ3v) is 5.02. The first kappa shape index (κ1) is 12.4. The van der Waals surface area contributed by atoms with Crippen LogP contribution < -0.4 is 11.1 Å². The number of nitrogens with one attached hydrogen (secondary N) is 1. The molecule has 1 aliphatic rings. The van der Waals surface area contributed by atoms with Crippen molar-refractivity contribution in [2.45, 2.75) is 37.5 Å². The summed E-state index contributed by atoms with van der Waals surface area (Å²) in [6.07, 6.45) is 1.90. The maximum atomic E-state index is 11.4. The molecule has 0 bridgehead atoms. The molecule has 0 aromatic carbocycles. The fourth-order valence-corrected chi connectivity index (χ4v) is 3.38. The summed E-state index contributed by atoms with van der Waals surface area (Å²) in [5.74, 6) is -0.0208. The van der Waals surface area contributed by atoms with Crippen LogP contribution in [0.15, 0.2) is 0 Å². The van der Waals surface area contributed by atoms with Gasteiger partial charge in [-0.1, -0.05) is 6.92 Å². The zero-order chi connectivity index (χ0) is 11.5. The first-order valence-corrected chi connectivity index (χ1v) is 6.93. The standard InChI is InChI=1S/C9H18N2O3S/c1-2-8(10)9(12)11-6-7-4-3-5-15(7,13)14/h7-8H,2-6,10H2,1H3,(H,11,12)/t7?,8-/m1/s1. The molecule has 1 aliphatic heterocycles. The first-order chi connectivity index (χ1) is 6.97. The average Bonchev–Trinajstić information content (AvgIpc) is 2.53. The van der Waals surface area contributed by atoms with E-state index in [-0.39, 0.29) is 18.2 Å². The van der Waals surface area contributed by atoms with Gasteiger partial charge in [0.1, 0.15) is 0 Å². The van der Waals surface area contributed by atoms with Crippen LogP contribution in [0.3, 0.4) is 0 Å². The molecule has 0 aliphatic carbocycles. The number of carbonyl (C=O) groups is 1. The summed E-state index contributed by atoms with van der Waals surface area (Å²) in [4.78, 5) is 11.3. The second-order valence-corrected chi connectivity index (χ2v) is 6.29. The summed E-state index contributed by atoms with van der Waals surface area (Å²) in [7, 11) is -2.97. The van der Waals surface area contributed by atoms with Gasteiger partial charge < -0.3 is 11.1 Å². The van der Waals surface area contributed by atoms with Crippen LogP contribution in [0.1, 0.15) is 26.2 Å². The van der Waals surface area contributed by atoms with Crippen molar-refractivity contribution in [3.05, 3.63) is 0 Å². The van der Waals surface area contributed by atoms with Crippen molar-refractivity contribution in [2.75, 3.05) is 12.3 Å². The summed E-state index contributed by atoms with van der Waals surface area (Å²) in [5, 5.41) is 2.18. The van der Waals surface area contributed by atoms with Gasteiger partial charge in [0.05, 0.1) is 17.0 Å². The fraction of sp³-hybridized carbons (Fsp3) is 0.889. The topological polar surface area (TPSA) is 89.3 Å². The minimum Gasteiger partial charge on any atom is -0.353 e. The molecule has 0 aromatic rings. The summed E-state index contributed by atoms with van der Waals surface area (Å²) in [6, 6.07) is -0.533. The normalized spacial score (nSPS) is 26.1. The van der Waals surface area contributed by atoms with Gasteiger partial charge in [-0.05, 0) is 19.3 Å². The Morgan fingerprint density at radius 1 is 1.60 bits per heavy atom. The molecule has 3 N–H and O–H groups in total. The first-order valence-electron chi connectivity index (χ1n) is 5.22.